The van der Waals surface area contributed by atoms with Gasteiger partial charge >= 0.3 is 12.0 Å². The van der Waals surface area contributed by atoms with Gasteiger partial charge < -0.3 is 15.5 Å². The average molecular weight is 210 g/mol. The first-order valence-electron chi connectivity index (χ1n) is 5.41. The average Bonchev–Trinajstić information content (AvgIpc) is 2.49. The summed E-state index contributed by atoms with van der Waals surface area (Å²) in [4.78, 5) is 0. The lowest BCUT2D eigenvalue weighted by atomic mass is 9.75. The molecule has 1 fully saturated rings. The molecule has 1 aromatic heterocycles. The fourth-order valence-electron chi connectivity index (χ4n) is 2.29. The van der Waals surface area contributed by atoms with E-state index in [0.717, 1.165) is 12.8 Å². The summed E-state index contributed by atoms with van der Waals surface area (Å²) >= 11 is 0. The molecule has 2 rings (SSSR count). The Morgan fingerprint density at radius 3 is 2.87 bits per heavy atom. The van der Waals surface area contributed by atoms with E-state index in [1.807, 2.05) is 0 Å². The summed E-state index contributed by atoms with van der Waals surface area (Å²) in [7, 11) is 0. The van der Waals surface area contributed by atoms with Crippen molar-refractivity contribution in [2.75, 3.05) is 11.1 Å². The number of hydrogen-bond acceptors (Lipinski definition) is 5. The zero-order valence-electron chi connectivity index (χ0n) is 9.29. The van der Waals surface area contributed by atoms with Gasteiger partial charge in [0.25, 0.3) is 0 Å². The molecule has 1 heterocycles. The molecule has 0 bridgehead atoms. The minimum absolute atomic E-state index is 0.118. The molecule has 0 spiro atoms. The molecule has 3 N–H and O–H groups in total. The van der Waals surface area contributed by atoms with Gasteiger partial charge in [0.1, 0.15) is 0 Å². The van der Waals surface area contributed by atoms with E-state index in [2.05, 4.69) is 29.4 Å². The minimum Gasteiger partial charge on any atom is -0.390 e. The molecule has 0 amide bonds. The summed E-state index contributed by atoms with van der Waals surface area (Å²) in [6, 6.07) is 0.983. The van der Waals surface area contributed by atoms with Crippen molar-refractivity contribution in [3.05, 3.63) is 0 Å². The van der Waals surface area contributed by atoms with Crippen molar-refractivity contribution >= 4 is 12.0 Å². The molecule has 0 saturated heterocycles. The number of rotatable bonds is 2. The second kappa shape index (κ2) is 3.72. The van der Waals surface area contributed by atoms with Crippen molar-refractivity contribution in [3.63, 3.8) is 0 Å². The predicted octanol–water partition coefficient (Wildman–Crippen LogP) is 2.03. The Balaban J connectivity index is 1.95. The third-order valence-electron chi connectivity index (χ3n) is 2.97. The Kier molecular flexibility index (Phi) is 2.54. The lowest BCUT2D eigenvalue weighted by Crippen LogP contribution is -2.31. The molecule has 1 saturated carbocycles. The maximum atomic E-state index is 5.36. The molecule has 0 aromatic carbocycles. The minimum atomic E-state index is 0.118. The Hall–Kier alpha value is -1.26. The van der Waals surface area contributed by atoms with Crippen molar-refractivity contribution in [2.24, 2.45) is 5.41 Å². The van der Waals surface area contributed by atoms with Gasteiger partial charge in [0.05, 0.1) is 0 Å². The molecule has 1 atom stereocenters. The molecule has 1 aliphatic rings. The molecule has 15 heavy (non-hydrogen) atoms. The van der Waals surface area contributed by atoms with Gasteiger partial charge in [0.2, 0.25) is 0 Å². The lowest BCUT2D eigenvalue weighted by molar-refractivity contribution is 0.228. The maximum absolute atomic E-state index is 5.36. The molecule has 0 radical (unpaired) electrons. The van der Waals surface area contributed by atoms with Crippen LogP contribution in [0, 0.1) is 5.41 Å². The Morgan fingerprint density at radius 1 is 1.47 bits per heavy atom. The van der Waals surface area contributed by atoms with Crippen molar-refractivity contribution < 1.29 is 4.42 Å². The van der Waals surface area contributed by atoms with E-state index in [0.29, 0.717) is 17.5 Å². The number of nitrogen functional groups attached to an aromatic ring is 1. The second-order valence-electron chi connectivity index (χ2n) is 5.05. The molecule has 5 heteroatoms. The third-order valence-corrected chi connectivity index (χ3v) is 2.97. The molecule has 1 aromatic rings. The van der Waals surface area contributed by atoms with Gasteiger partial charge in [0, 0.05) is 6.04 Å². The topological polar surface area (TPSA) is 77.0 Å². The molecule has 84 valence electrons. The van der Waals surface area contributed by atoms with Crippen molar-refractivity contribution in [1.82, 2.24) is 10.2 Å². The number of hydrogen-bond donors (Lipinski definition) is 2. The Bertz CT molecular complexity index is 334. The van der Waals surface area contributed by atoms with Crippen LogP contribution < -0.4 is 11.1 Å². The first-order valence-corrected chi connectivity index (χ1v) is 5.41. The van der Waals surface area contributed by atoms with Crippen molar-refractivity contribution in [2.45, 2.75) is 45.6 Å². The van der Waals surface area contributed by atoms with E-state index < -0.39 is 0 Å². The van der Waals surface area contributed by atoms with Crippen LogP contribution >= 0.6 is 0 Å². The fourth-order valence-corrected chi connectivity index (χ4v) is 2.29. The molecular weight excluding hydrogens is 192 g/mol. The Labute approximate surface area is 89.4 Å². The summed E-state index contributed by atoms with van der Waals surface area (Å²) in [5.74, 6) is 0. The molecular formula is C10H18N4O. The van der Waals surface area contributed by atoms with Crippen LogP contribution in [0.2, 0.25) is 0 Å². The SMILES string of the molecule is CC1(C)CCCC(Nc2nnc(N)o2)C1. The van der Waals surface area contributed by atoms with Crippen LogP contribution in [0.3, 0.4) is 0 Å². The van der Waals surface area contributed by atoms with Crippen LogP contribution in [-0.2, 0) is 0 Å². The van der Waals surface area contributed by atoms with Gasteiger partial charge in [-0.2, -0.15) is 0 Å². The predicted molar refractivity (Wildman–Crippen MR) is 58.4 cm³/mol. The zero-order valence-corrected chi connectivity index (χ0v) is 9.29. The van der Waals surface area contributed by atoms with Gasteiger partial charge in [-0.05, 0) is 24.7 Å². The first-order chi connectivity index (χ1) is 7.05. The van der Waals surface area contributed by atoms with Gasteiger partial charge in [0.15, 0.2) is 0 Å². The lowest BCUT2D eigenvalue weighted by Gasteiger charge is -2.35. The summed E-state index contributed by atoms with van der Waals surface area (Å²) in [6.07, 6.45) is 4.83. The van der Waals surface area contributed by atoms with E-state index in [9.17, 15) is 0 Å². The Morgan fingerprint density at radius 2 is 2.27 bits per heavy atom. The number of anilines is 2. The highest BCUT2D eigenvalue weighted by Crippen LogP contribution is 2.36. The smallest absolute Gasteiger partial charge is 0.317 e. The third kappa shape index (κ3) is 2.61. The molecule has 1 unspecified atom stereocenters. The van der Waals surface area contributed by atoms with Crippen LogP contribution in [0.4, 0.5) is 12.0 Å². The number of nitrogens with one attached hydrogen (secondary N) is 1. The van der Waals surface area contributed by atoms with E-state index >= 15 is 0 Å². The summed E-state index contributed by atoms with van der Waals surface area (Å²) < 4.78 is 5.10. The zero-order chi connectivity index (χ0) is 10.9. The van der Waals surface area contributed by atoms with E-state index in [4.69, 9.17) is 10.2 Å². The van der Waals surface area contributed by atoms with E-state index in [1.54, 1.807) is 0 Å². The summed E-state index contributed by atoms with van der Waals surface area (Å²) in [5.41, 5.74) is 5.76. The van der Waals surface area contributed by atoms with Gasteiger partial charge in [-0.25, -0.2) is 0 Å². The molecule has 0 aliphatic heterocycles. The molecule has 1 aliphatic carbocycles. The van der Waals surface area contributed by atoms with Crippen LogP contribution in [0.15, 0.2) is 4.42 Å². The van der Waals surface area contributed by atoms with Crippen LogP contribution in [0.25, 0.3) is 0 Å². The largest absolute Gasteiger partial charge is 0.390 e. The maximum Gasteiger partial charge on any atom is 0.317 e. The summed E-state index contributed by atoms with van der Waals surface area (Å²) in [6.45, 7) is 4.59. The second-order valence-corrected chi connectivity index (χ2v) is 5.05. The number of aromatic nitrogens is 2. The van der Waals surface area contributed by atoms with Gasteiger partial charge in [-0.15, -0.1) is 0 Å². The van der Waals surface area contributed by atoms with Crippen molar-refractivity contribution in [3.8, 4) is 0 Å². The highest BCUT2D eigenvalue weighted by molar-refractivity contribution is 5.24. The van der Waals surface area contributed by atoms with Crippen molar-refractivity contribution in [1.29, 1.82) is 0 Å². The van der Waals surface area contributed by atoms with Crippen LogP contribution in [-0.4, -0.2) is 16.2 Å². The van der Waals surface area contributed by atoms with Gasteiger partial charge in [-0.3, -0.25) is 0 Å². The summed E-state index contributed by atoms with van der Waals surface area (Å²) in [5, 5.41) is 10.7. The van der Waals surface area contributed by atoms with Crippen LogP contribution in [0.1, 0.15) is 39.5 Å². The highest BCUT2D eigenvalue weighted by Gasteiger charge is 2.28. The first kappa shape index (κ1) is 10.3. The van der Waals surface area contributed by atoms with Gasteiger partial charge in [-0.1, -0.05) is 30.5 Å². The molecule has 5 nitrogen and oxygen atoms in total. The number of nitrogens with two attached hydrogens (primary N) is 1. The monoisotopic (exact) mass is 210 g/mol. The van der Waals surface area contributed by atoms with Crippen LogP contribution in [0.5, 0.6) is 0 Å². The normalized spacial score (nSPS) is 25.1. The fraction of sp³-hybridized carbons (Fsp3) is 0.800. The van der Waals surface area contributed by atoms with E-state index in [-0.39, 0.29) is 6.01 Å². The highest BCUT2D eigenvalue weighted by atomic mass is 16.4. The number of nitrogens with zero attached hydrogens (tertiary/aromatic N) is 2. The quantitative estimate of drug-likeness (QED) is 0.781. The standard InChI is InChI=1S/C10H18N4O/c1-10(2)5-3-4-7(6-10)12-9-14-13-8(11)15-9/h7H,3-6H2,1-2H3,(H2,11,13)(H,12,14). The van der Waals surface area contributed by atoms with E-state index in [1.165, 1.54) is 12.8 Å².